The fraction of sp³-hybridized carbons (Fsp3) is 0.292. The van der Waals surface area contributed by atoms with E-state index in [4.69, 9.17) is 14.5 Å². The molecule has 0 unspecified atom stereocenters. The molecule has 4 nitrogen and oxygen atoms in total. The average molecular weight is 407 g/mol. The summed E-state index contributed by atoms with van der Waals surface area (Å²) in [5.74, 6) is 1.83. The highest BCUT2D eigenvalue weighted by molar-refractivity contribution is 7.99. The highest BCUT2D eigenvalue weighted by Gasteiger charge is 2.26. The quantitative estimate of drug-likeness (QED) is 0.547. The minimum atomic E-state index is 0.312. The summed E-state index contributed by atoms with van der Waals surface area (Å²) in [6.07, 6.45) is 1.02. The number of hydrogen-bond donors (Lipinski definition) is 0. The molecule has 0 saturated carbocycles. The molecular weight excluding hydrogens is 380 g/mol. The van der Waals surface area contributed by atoms with E-state index in [-0.39, 0.29) is 0 Å². The van der Waals surface area contributed by atoms with Gasteiger partial charge < -0.3 is 14.4 Å². The van der Waals surface area contributed by atoms with Crippen LogP contribution in [0.3, 0.4) is 0 Å². The van der Waals surface area contributed by atoms with Crippen molar-refractivity contribution in [3.05, 3.63) is 77.6 Å². The number of aryl methyl sites for hydroxylation is 1. The Labute approximate surface area is 176 Å². The first kappa shape index (κ1) is 19.6. The molecule has 1 aliphatic rings. The number of para-hydroxylation sites is 1. The van der Waals surface area contributed by atoms with Gasteiger partial charge in [-0.2, -0.15) is 0 Å². The molecule has 3 aromatic rings. The molecule has 2 heterocycles. The molecule has 0 aliphatic carbocycles. The van der Waals surface area contributed by atoms with Gasteiger partial charge in [-0.1, -0.05) is 24.3 Å². The molecule has 150 valence electrons. The van der Waals surface area contributed by atoms with Crippen LogP contribution in [0.15, 0.2) is 65.6 Å². The minimum absolute atomic E-state index is 0.312. The maximum absolute atomic E-state index is 5.65. The highest BCUT2D eigenvalue weighted by Crippen LogP contribution is 2.48. The lowest BCUT2D eigenvalue weighted by Gasteiger charge is -2.24. The Hall–Kier alpha value is -2.66. The molecule has 0 bridgehead atoms. The van der Waals surface area contributed by atoms with Gasteiger partial charge in [0.15, 0.2) is 0 Å². The van der Waals surface area contributed by atoms with Gasteiger partial charge in [0.25, 0.3) is 0 Å². The summed E-state index contributed by atoms with van der Waals surface area (Å²) in [6.45, 7) is 3.78. The molecule has 4 rings (SSSR count). The SMILES string of the molecule is COc1ccc2c(c1)S[C@@H](c1ccccc1OC)CCN2Cc1cccc(C)n1. The van der Waals surface area contributed by atoms with Gasteiger partial charge in [0, 0.05) is 27.9 Å². The van der Waals surface area contributed by atoms with Crippen LogP contribution in [0, 0.1) is 6.92 Å². The number of benzene rings is 2. The number of aromatic nitrogens is 1. The Kier molecular flexibility index (Phi) is 5.95. The van der Waals surface area contributed by atoms with E-state index in [1.54, 1.807) is 14.2 Å². The zero-order valence-electron chi connectivity index (χ0n) is 17.1. The molecule has 1 aliphatic heterocycles. The van der Waals surface area contributed by atoms with E-state index in [1.807, 2.05) is 43.0 Å². The first-order valence-electron chi connectivity index (χ1n) is 9.83. The molecular formula is C24H26N2O2S. The average Bonchev–Trinajstić information content (AvgIpc) is 2.92. The number of thioether (sulfide) groups is 1. The maximum Gasteiger partial charge on any atom is 0.123 e. The summed E-state index contributed by atoms with van der Waals surface area (Å²) in [7, 11) is 3.46. The second-order valence-corrected chi connectivity index (χ2v) is 8.41. The van der Waals surface area contributed by atoms with Crippen molar-refractivity contribution in [1.29, 1.82) is 0 Å². The number of fused-ring (bicyclic) bond motifs is 1. The van der Waals surface area contributed by atoms with Crippen molar-refractivity contribution in [3.63, 3.8) is 0 Å². The third-order valence-corrected chi connectivity index (χ3v) is 6.58. The van der Waals surface area contributed by atoms with Crippen molar-refractivity contribution >= 4 is 17.4 Å². The van der Waals surface area contributed by atoms with Crippen LogP contribution in [0.4, 0.5) is 5.69 Å². The smallest absolute Gasteiger partial charge is 0.123 e. The summed E-state index contributed by atoms with van der Waals surface area (Å²) in [6, 6.07) is 20.9. The standard InChI is InChI=1S/C24H26N2O2S/c1-17-7-6-8-18(25-17)16-26-14-13-23(20-9-4-5-10-22(20)28-3)29-24-15-19(27-2)11-12-21(24)26/h4-12,15,23H,13-14,16H2,1-3H3/t23-/m1/s1. The van der Waals surface area contributed by atoms with E-state index >= 15 is 0 Å². The maximum atomic E-state index is 5.65. The van der Waals surface area contributed by atoms with Crippen LogP contribution in [0.2, 0.25) is 0 Å². The van der Waals surface area contributed by atoms with Crippen molar-refractivity contribution in [2.24, 2.45) is 0 Å². The van der Waals surface area contributed by atoms with Gasteiger partial charge in [-0.25, -0.2) is 0 Å². The van der Waals surface area contributed by atoms with E-state index < -0.39 is 0 Å². The van der Waals surface area contributed by atoms with Crippen molar-refractivity contribution in [1.82, 2.24) is 4.98 Å². The van der Waals surface area contributed by atoms with Gasteiger partial charge >= 0.3 is 0 Å². The van der Waals surface area contributed by atoms with Crippen LogP contribution in [-0.4, -0.2) is 25.7 Å². The highest BCUT2D eigenvalue weighted by atomic mass is 32.2. The van der Waals surface area contributed by atoms with Gasteiger partial charge in [-0.15, -0.1) is 11.8 Å². The summed E-state index contributed by atoms with van der Waals surface area (Å²) in [4.78, 5) is 8.37. The Morgan fingerprint density at radius 1 is 1.03 bits per heavy atom. The normalized spacial score (nSPS) is 16.1. The van der Waals surface area contributed by atoms with Gasteiger partial charge in [0.05, 0.1) is 32.1 Å². The Morgan fingerprint density at radius 2 is 1.90 bits per heavy atom. The molecule has 0 fully saturated rings. The van der Waals surface area contributed by atoms with E-state index in [2.05, 4.69) is 41.3 Å². The number of methoxy groups -OCH3 is 2. The summed E-state index contributed by atoms with van der Waals surface area (Å²) < 4.78 is 11.2. The van der Waals surface area contributed by atoms with Gasteiger partial charge in [-0.05, 0) is 49.7 Å². The third kappa shape index (κ3) is 4.35. The predicted octanol–water partition coefficient (Wildman–Crippen LogP) is 5.65. The molecule has 0 spiro atoms. The Balaban J connectivity index is 1.70. The number of rotatable bonds is 5. The molecule has 0 N–H and O–H groups in total. The molecule has 0 amide bonds. The van der Waals surface area contributed by atoms with Gasteiger partial charge in [0.2, 0.25) is 0 Å². The number of nitrogens with zero attached hydrogens (tertiary/aromatic N) is 2. The lowest BCUT2D eigenvalue weighted by atomic mass is 10.1. The van der Waals surface area contributed by atoms with E-state index in [9.17, 15) is 0 Å². The van der Waals surface area contributed by atoms with Crippen molar-refractivity contribution < 1.29 is 9.47 Å². The number of hydrogen-bond acceptors (Lipinski definition) is 5. The molecule has 0 radical (unpaired) electrons. The lowest BCUT2D eigenvalue weighted by Crippen LogP contribution is -2.24. The molecule has 29 heavy (non-hydrogen) atoms. The van der Waals surface area contributed by atoms with Crippen LogP contribution in [0.25, 0.3) is 0 Å². The molecule has 5 heteroatoms. The predicted molar refractivity (Wildman–Crippen MR) is 119 cm³/mol. The Bertz CT molecular complexity index is 992. The van der Waals surface area contributed by atoms with Crippen LogP contribution < -0.4 is 14.4 Å². The zero-order chi connectivity index (χ0) is 20.2. The molecule has 0 saturated heterocycles. The van der Waals surface area contributed by atoms with E-state index in [0.29, 0.717) is 5.25 Å². The zero-order valence-corrected chi connectivity index (χ0v) is 17.9. The van der Waals surface area contributed by atoms with Crippen LogP contribution >= 0.6 is 11.8 Å². The molecule has 1 aromatic heterocycles. The van der Waals surface area contributed by atoms with Gasteiger partial charge in [0.1, 0.15) is 11.5 Å². The number of pyridine rings is 1. The summed E-state index contributed by atoms with van der Waals surface area (Å²) in [5, 5.41) is 0.312. The van der Waals surface area contributed by atoms with Crippen LogP contribution in [0.1, 0.15) is 28.6 Å². The van der Waals surface area contributed by atoms with Crippen molar-refractivity contribution in [2.45, 2.75) is 30.0 Å². The fourth-order valence-corrected chi connectivity index (χ4v) is 5.14. The van der Waals surface area contributed by atoms with Gasteiger partial charge in [-0.3, -0.25) is 4.98 Å². The second kappa shape index (κ2) is 8.78. The first-order valence-corrected chi connectivity index (χ1v) is 10.7. The third-order valence-electron chi connectivity index (χ3n) is 5.22. The van der Waals surface area contributed by atoms with Crippen molar-refractivity contribution in [2.75, 3.05) is 25.7 Å². The van der Waals surface area contributed by atoms with Crippen LogP contribution in [0.5, 0.6) is 11.5 Å². The van der Waals surface area contributed by atoms with E-state index in [1.165, 1.54) is 16.1 Å². The number of ether oxygens (including phenoxy) is 2. The molecule has 1 atom stereocenters. The summed E-state index contributed by atoms with van der Waals surface area (Å²) >= 11 is 1.89. The first-order chi connectivity index (χ1) is 14.2. The monoisotopic (exact) mass is 406 g/mol. The minimum Gasteiger partial charge on any atom is -0.497 e. The Morgan fingerprint density at radius 3 is 2.69 bits per heavy atom. The number of anilines is 1. The van der Waals surface area contributed by atoms with E-state index in [0.717, 1.165) is 42.4 Å². The van der Waals surface area contributed by atoms with Crippen LogP contribution in [-0.2, 0) is 6.54 Å². The summed E-state index contributed by atoms with van der Waals surface area (Å²) in [5.41, 5.74) is 4.61. The largest absolute Gasteiger partial charge is 0.497 e. The molecule has 2 aromatic carbocycles. The topological polar surface area (TPSA) is 34.6 Å². The fourth-order valence-electron chi connectivity index (χ4n) is 3.78. The lowest BCUT2D eigenvalue weighted by molar-refractivity contribution is 0.409. The second-order valence-electron chi connectivity index (χ2n) is 7.16. The van der Waals surface area contributed by atoms with Crippen molar-refractivity contribution in [3.8, 4) is 11.5 Å².